The first-order valence-corrected chi connectivity index (χ1v) is 9.55. The highest BCUT2D eigenvalue weighted by molar-refractivity contribution is 5.92. The average Bonchev–Trinajstić information content (AvgIpc) is 2.63. The zero-order valence-electron chi connectivity index (χ0n) is 15.5. The first kappa shape index (κ1) is 19.7. The summed E-state index contributed by atoms with van der Waals surface area (Å²) in [7, 11) is 1.69. The van der Waals surface area contributed by atoms with Crippen molar-refractivity contribution in [1.29, 1.82) is 0 Å². The summed E-state index contributed by atoms with van der Waals surface area (Å²) in [6, 6.07) is 7.97. The largest absolute Gasteiger partial charge is 0.380 e. The fourth-order valence-corrected chi connectivity index (χ4v) is 3.17. The summed E-state index contributed by atoms with van der Waals surface area (Å²) in [4.78, 5) is 4.41. The highest BCUT2D eigenvalue weighted by Crippen LogP contribution is 2.20. The molecule has 0 spiro atoms. The molecule has 5 heteroatoms. The Morgan fingerprint density at radius 3 is 2.76 bits per heavy atom. The van der Waals surface area contributed by atoms with Crippen molar-refractivity contribution in [3.63, 3.8) is 0 Å². The van der Waals surface area contributed by atoms with E-state index in [0.29, 0.717) is 18.7 Å². The molecular formula is C20H33N3O2. The molecular weight excluding hydrogens is 314 g/mol. The van der Waals surface area contributed by atoms with Gasteiger partial charge in [-0.15, -0.1) is 0 Å². The number of nitrogens with two attached hydrogens (primary N) is 1. The molecule has 1 aliphatic rings. The minimum Gasteiger partial charge on any atom is -0.380 e. The number of benzene rings is 1. The van der Waals surface area contributed by atoms with Crippen LogP contribution in [-0.4, -0.2) is 32.3 Å². The van der Waals surface area contributed by atoms with Crippen LogP contribution in [0.5, 0.6) is 0 Å². The summed E-state index contributed by atoms with van der Waals surface area (Å²) in [6.07, 6.45) is 10.3. The van der Waals surface area contributed by atoms with Crippen LogP contribution in [0.2, 0.25) is 0 Å². The van der Waals surface area contributed by atoms with Gasteiger partial charge < -0.3 is 20.5 Å². The van der Waals surface area contributed by atoms with Gasteiger partial charge in [-0.3, -0.25) is 4.99 Å². The number of nitrogens with one attached hydrogen (secondary N) is 1. The Bertz CT molecular complexity index is 513. The molecule has 0 saturated heterocycles. The fourth-order valence-electron chi connectivity index (χ4n) is 3.17. The average molecular weight is 348 g/mol. The lowest BCUT2D eigenvalue weighted by Gasteiger charge is -2.21. The standard InChI is InChI=1S/C20H33N3O2/c1-24-16-17-10-6-7-13-19(17)23-20(21)22-14-8-3-9-15-25-18-11-4-2-5-12-18/h6-7,10,13,18H,2-5,8-9,11-12,14-16H2,1H3,(H3,21,22,23). The minimum atomic E-state index is 0.460. The van der Waals surface area contributed by atoms with Crippen molar-refractivity contribution < 1.29 is 9.47 Å². The number of rotatable bonds is 10. The SMILES string of the molecule is COCc1ccccc1NC(N)=NCCCCCOC1CCCCC1. The van der Waals surface area contributed by atoms with Gasteiger partial charge in [0, 0.05) is 31.5 Å². The van der Waals surface area contributed by atoms with Crippen LogP contribution in [0.25, 0.3) is 0 Å². The van der Waals surface area contributed by atoms with Crippen molar-refractivity contribution in [2.24, 2.45) is 10.7 Å². The van der Waals surface area contributed by atoms with Crippen molar-refractivity contribution >= 4 is 11.6 Å². The second-order valence-corrected chi connectivity index (χ2v) is 6.67. The molecule has 140 valence electrons. The highest BCUT2D eigenvalue weighted by Gasteiger charge is 2.12. The van der Waals surface area contributed by atoms with E-state index in [9.17, 15) is 0 Å². The normalized spacial score (nSPS) is 16.1. The van der Waals surface area contributed by atoms with Crippen molar-refractivity contribution in [3.05, 3.63) is 29.8 Å². The topological polar surface area (TPSA) is 68.9 Å². The maximum atomic E-state index is 5.98. The molecule has 0 aromatic heterocycles. The van der Waals surface area contributed by atoms with Gasteiger partial charge in [-0.2, -0.15) is 0 Å². The molecule has 1 aliphatic carbocycles. The molecule has 1 saturated carbocycles. The Balaban J connectivity index is 1.58. The second kappa shape index (κ2) is 11.9. The summed E-state index contributed by atoms with van der Waals surface area (Å²) < 4.78 is 11.1. The zero-order valence-corrected chi connectivity index (χ0v) is 15.5. The Morgan fingerprint density at radius 1 is 1.16 bits per heavy atom. The quantitative estimate of drug-likeness (QED) is 0.380. The summed E-state index contributed by atoms with van der Waals surface area (Å²) in [5, 5.41) is 3.16. The molecule has 1 aromatic rings. The van der Waals surface area contributed by atoms with Crippen LogP contribution in [0, 0.1) is 0 Å². The lowest BCUT2D eigenvalue weighted by Crippen LogP contribution is -2.23. The Kier molecular flexibility index (Phi) is 9.37. The van der Waals surface area contributed by atoms with Gasteiger partial charge in [-0.25, -0.2) is 0 Å². The lowest BCUT2D eigenvalue weighted by atomic mass is 9.98. The second-order valence-electron chi connectivity index (χ2n) is 6.67. The van der Waals surface area contributed by atoms with E-state index in [4.69, 9.17) is 15.2 Å². The third kappa shape index (κ3) is 7.88. The minimum absolute atomic E-state index is 0.460. The molecule has 1 aromatic carbocycles. The third-order valence-corrected chi connectivity index (χ3v) is 4.57. The van der Waals surface area contributed by atoms with Crippen LogP contribution in [0.4, 0.5) is 5.69 Å². The number of hydrogen-bond donors (Lipinski definition) is 2. The smallest absolute Gasteiger partial charge is 0.193 e. The summed E-state index contributed by atoms with van der Waals surface area (Å²) in [5.74, 6) is 0.460. The number of methoxy groups -OCH3 is 1. The van der Waals surface area contributed by atoms with Gasteiger partial charge in [0.25, 0.3) is 0 Å². The molecule has 0 unspecified atom stereocenters. The van der Waals surface area contributed by atoms with Crippen LogP contribution < -0.4 is 11.1 Å². The number of hydrogen-bond acceptors (Lipinski definition) is 3. The van der Waals surface area contributed by atoms with Gasteiger partial charge in [0.05, 0.1) is 12.7 Å². The molecule has 0 heterocycles. The summed E-state index contributed by atoms with van der Waals surface area (Å²) in [6.45, 7) is 2.18. The first-order valence-electron chi connectivity index (χ1n) is 9.55. The monoisotopic (exact) mass is 347 g/mol. The molecule has 25 heavy (non-hydrogen) atoms. The molecule has 0 aliphatic heterocycles. The van der Waals surface area contributed by atoms with Gasteiger partial charge in [-0.05, 0) is 38.2 Å². The van der Waals surface area contributed by atoms with Crippen LogP contribution in [0.1, 0.15) is 56.9 Å². The van der Waals surface area contributed by atoms with Crippen LogP contribution >= 0.6 is 0 Å². The molecule has 0 bridgehead atoms. The zero-order chi connectivity index (χ0) is 17.7. The third-order valence-electron chi connectivity index (χ3n) is 4.57. The van der Waals surface area contributed by atoms with Crippen molar-refractivity contribution in [1.82, 2.24) is 0 Å². The molecule has 0 atom stereocenters. The maximum Gasteiger partial charge on any atom is 0.193 e. The van der Waals surface area contributed by atoms with Crippen molar-refractivity contribution in [2.75, 3.05) is 25.6 Å². The van der Waals surface area contributed by atoms with E-state index in [-0.39, 0.29) is 0 Å². The number of aliphatic imine (C=N–C) groups is 1. The highest BCUT2D eigenvalue weighted by atomic mass is 16.5. The summed E-state index contributed by atoms with van der Waals surface area (Å²) in [5.41, 5.74) is 8.01. The van der Waals surface area contributed by atoms with E-state index in [0.717, 1.165) is 43.7 Å². The van der Waals surface area contributed by atoms with Gasteiger partial charge in [0.15, 0.2) is 5.96 Å². The van der Waals surface area contributed by atoms with Crippen LogP contribution in [-0.2, 0) is 16.1 Å². The van der Waals surface area contributed by atoms with Crippen LogP contribution in [0.3, 0.4) is 0 Å². The first-order chi connectivity index (χ1) is 12.3. The molecule has 3 N–H and O–H groups in total. The predicted octanol–water partition coefficient (Wildman–Crippen LogP) is 4.08. The van der Waals surface area contributed by atoms with Crippen molar-refractivity contribution in [2.45, 2.75) is 64.1 Å². The van der Waals surface area contributed by atoms with Gasteiger partial charge in [-0.1, -0.05) is 37.5 Å². The number of anilines is 1. The Morgan fingerprint density at radius 2 is 1.96 bits per heavy atom. The van der Waals surface area contributed by atoms with Gasteiger partial charge in [0.2, 0.25) is 0 Å². The number of guanidine groups is 1. The number of ether oxygens (including phenoxy) is 2. The van der Waals surface area contributed by atoms with E-state index >= 15 is 0 Å². The molecule has 1 fully saturated rings. The Labute approximate surface area is 152 Å². The molecule has 0 amide bonds. The van der Waals surface area contributed by atoms with E-state index < -0.39 is 0 Å². The van der Waals surface area contributed by atoms with E-state index in [1.807, 2.05) is 24.3 Å². The number of unbranched alkanes of at least 4 members (excludes halogenated alkanes) is 2. The van der Waals surface area contributed by atoms with E-state index in [2.05, 4.69) is 10.3 Å². The Hall–Kier alpha value is -1.59. The predicted molar refractivity (Wildman–Crippen MR) is 104 cm³/mol. The molecule has 2 rings (SSSR count). The lowest BCUT2D eigenvalue weighted by molar-refractivity contribution is 0.0264. The van der Waals surface area contributed by atoms with E-state index in [1.165, 1.54) is 32.1 Å². The number of para-hydroxylation sites is 1. The van der Waals surface area contributed by atoms with E-state index in [1.54, 1.807) is 7.11 Å². The van der Waals surface area contributed by atoms with Crippen molar-refractivity contribution in [3.8, 4) is 0 Å². The molecule has 0 radical (unpaired) electrons. The number of nitrogens with zero attached hydrogens (tertiary/aromatic N) is 1. The summed E-state index contributed by atoms with van der Waals surface area (Å²) >= 11 is 0. The molecule has 5 nitrogen and oxygen atoms in total. The maximum absolute atomic E-state index is 5.98. The van der Waals surface area contributed by atoms with Crippen LogP contribution in [0.15, 0.2) is 29.3 Å². The van der Waals surface area contributed by atoms with Gasteiger partial charge >= 0.3 is 0 Å². The fraction of sp³-hybridized carbons (Fsp3) is 0.650. The van der Waals surface area contributed by atoms with Gasteiger partial charge in [0.1, 0.15) is 0 Å².